The monoisotopic (exact) mass is 1250 g/mol. The number of amides is 10. The van der Waals surface area contributed by atoms with Crippen molar-refractivity contribution in [2.75, 3.05) is 13.1 Å². The number of rotatable bonds is 8. The minimum absolute atomic E-state index is 0.0143. The van der Waals surface area contributed by atoms with Crippen molar-refractivity contribution in [2.24, 2.45) is 23.7 Å². The molecule has 32 nitrogen and oxygen atoms in total. The molecule has 4 aromatic heterocycles. The third kappa shape index (κ3) is 20.7. The van der Waals surface area contributed by atoms with E-state index in [1.54, 1.807) is 12.4 Å². The van der Waals surface area contributed by atoms with Gasteiger partial charge in [0.05, 0.1) is 51.0 Å². The fraction of sp³-hybridized carbons (Fsp3) is 0.690. The summed E-state index contributed by atoms with van der Waals surface area (Å²) < 4.78 is 5.48. The van der Waals surface area contributed by atoms with E-state index in [-0.39, 0.29) is 126 Å². The number of fused-ring (bicyclic) bond motifs is 24. The summed E-state index contributed by atoms with van der Waals surface area (Å²) in [6.45, 7) is 15.1. The summed E-state index contributed by atoms with van der Waals surface area (Å²) in [4.78, 5) is 141. The molecular formula is C58H90N22O10. The Morgan fingerprint density at radius 1 is 0.344 bits per heavy atom. The number of hydrogen-bond donors (Lipinski definition) is 10. The molecule has 1 unspecified atom stereocenters. The van der Waals surface area contributed by atoms with Crippen molar-refractivity contribution in [1.82, 2.24) is 113 Å². The Hall–Kier alpha value is -8.74. The number of nitrogens with one attached hydrogen (secondary N) is 10. The maximum absolute atomic E-state index is 14.4. The molecule has 90 heavy (non-hydrogen) atoms. The third-order valence-electron chi connectivity index (χ3n) is 15.6. The van der Waals surface area contributed by atoms with Crippen LogP contribution in [0.3, 0.4) is 0 Å². The molecule has 32 heteroatoms. The molecule has 0 aliphatic carbocycles. The van der Waals surface area contributed by atoms with Gasteiger partial charge in [-0.1, -0.05) is 76.2 Å². The van der Waals surface area contributed by atoms with Crippen molar-refractivity contribution in [3.63, 3.8) is 0 Å². The van der Waals surface area contributed by atoms with Crippen LogP contribution in [0.4, 0.5) is 0 Å². The van der Waals surface area contributed by atoms with E-state index >= 15 is 0 Å². The second-order valence-corrected chi connectivity index (χ2v) is 25.2. The highest BCUT2D eigenvalue weighted by atomic mass is 16.2. The van der Waals surface area contributed by atoms with E-state index in [1.165, 1.54) is 31.1 Å². The average molecular weight is 1260 g/mol. The van der Waals surface area contributed by atoms with Crippen LogP contribution in [0.5, 0.6) is 0 Å². The summed E-state index contributed by atoms with van der Waals surface area (Å²) in [5, 5.41) is 62.7. The van der Waals surface area contributed by atoms with Crippen LogP contribution in [0.25, 0.3) is 0 Å². The van der Waals surface area contributed by atoms with Gasteiger partial charge in [-0.2, -0.15) is 0 Å². The Morgan fingerprint density at radius 2 is 0.589 bits per heavy atom. The van der Waals surface area contributed by atoms with Crippen LogP contribution in [0.1, 0.15) is 192 Å². The zero-order valence-electron chi connectivity index (χ0n) is 52.8. The number of carbonyl (C=O) groups is 10. The molecule has 492 valence electrons. The Labute approximate surface area is 522 Å². The molecule has 12 bridgehead atoms. The number of carbonyl (C=O) groups excluding carboxylic acids is 10. The topological polar surface area (TPSA) is 414 Å². The van der Waals surface area contributed by atoms with Crippen molar-refractivity contribution in [2.45, 2.75) is 220 Å². The third-order valence-corrected chi connectivity index (χ3v) is 15.6. The molecule has 8 heterocycles. The fourth-order valence-electron chi connectivity index (χ4n) is 10.8. The first-order chi connectivity index (χ1) is 43.0. The van der Waals surface area contributed by atoms with Gasteiger partial charge in [0.1, 0.15) is 71.1 Å². The molecule has 0 saturated heterocycles. The molecule has 0 fully saturated rings. The molecule has 4 aliphatic rings. The molecular weight excluding hydrogens is 1160 g/mol. The van der Waals surface area contributed by atoms with Crippen LogP contribution >= 0.6 is 0 Å². The van der Waals surface area contributed by atoms with Gasteiger partial charge in [-0.3, -0.25) is 47.9 Å². The van der Waals surface area contributed by atoms with Crippen LogP contribution in [-0.2, 0) is 74.1 Å². The molecule has 10 amide bonds. The van der Waals surface area contributed by atoms with Gasteiger partial charge in [-0.15, -0.1) is 20.4 Å². The van der Waals surface area contributed by atoms with Crippen LogP contribution in [-0.4, -0.2) is 156 Å². The first-order valence-corrected chi connectivity index (χ1v) is 31.5. The SMILES string of the molecule is CC(C)CC1C(=O)N[C@H]2CCCCNC(=O)CC[C@@H]3NC(=O)[C@@H](CC(C)C)n4cc(nn4)CNC(=O)[C@H](CCC(=O)NCCCC[C@H](NC(=O)[C@@H](CC(C)C)n4cc(nn4)CNC2=O)C(=O)NCc2cn1nn2)NC(=O)[C@@H](CC(C)C)n1cc(nn1)CNC3=O. The Balaban J connectivity index is 1.21. The van der Waals surface area contributed by atoms with E-state index in [1.807, 2.05) is 55.4 Å². The van der Waals surface area contributed by atoms with Crippen LogP contribution < -0.4 is 53.2 Å². The van der Waals surface area contributed by atoms with Gasteiger partial charge < -0.3 is 53.2 Å². The van der Waals surface area contributed by atoms with Crippen molar-refractivity contribution < 1.29 is 47.9 Å². The first kappa shape index (κ1) is 68.7. The highest BCUT2D eigenvalue weighted by Crippen LogP contribution is 2.23. The lowest BCUT2D eigenvalue weighted by Gasteiger charge is -2.24. The second-order valence-electron chi connectivity index (χ2n) is 25.2. The smallest absolute Gasteiger partial charge is 0.245 e. The summed E-state index contributed by atoms with van der Waals surface area (Å²) in [6.07, 6.45) is 8.29. The van der Waals surface area contributed by atoms with Crippen LogP contribution in [0.15, 0.2) is 24.8 Å². The predicted molar refractivity (Wildman–Crippen MR) is 321 cm³/mol. The Morgan fingerprint density at radius 3 is 0.833 bits per heavy atom. The lowest BCUT2D eigenvalue weighted by atomic mass is 10.0. The van der Waals surface area contributed by atoms with E-state index in [0.29, 0.717) is 49.9 Å². The summed E-state index contributed by atoms with van der Waals surface area (Å²) in [7, 11) is 0. The van der Waals surface area contributed by atoms with Crippen LogP contribution in [0, 0.1) is 23.7 Å². The van der Waals surface area contributed by atoms with Crippen molar-refractivity contribution >= 4 is 59.1 Å². The molecule has 0 spiro atoms. The van der Waals surface area contributed by atoms with E-state index in [0.717, 1.165) is 0 Å². The minimum Gasteiger partial charge on any atom is -0.356 e. The van der Waals surface area contributed by atoms with Crippen molar-refractivity contribution in [3.8, 4) is 0 Å². The van der Waals surface area contributed by atoms with Gasteiger partial charge in [0.2, 0.25) is 59.1 Å². The Bertz CT molecular complexity index is 2910. The quantitative estimate of drug-likeness (QED) is 0.112. The van der Waals surface area contributed by atoms with Crippen LogP contribution in [0.2, 0.25) is 0 Å². The van der Waals surface area contributed by atoms with E-state index in [2.05, 4.69) is 94.4 Å². The molecule has 10 N–H and O–H groups in total. The maximum Gasteiger partial charge on any atom is 0.245 e. The van der Waals surface area contributed by atoms with Gasteiger partial charge >= 0.3 is 0 Å². The van der Waals surface area contributed by atoms with Gasteiger partial charge in [0, 0.05) is 25.9 Å². The summed E-state index contributed by atoms with van der Waals surface area (Å²) in [6, 6.07) is -8.43. The largest absolute Gasteiger partial charge is 0.356 e. The van der Waals surface area contributed by atoms with Gasteiger partial charge in [0.15, 0.2) is 0 Å². The standard InChI is InChI=1S/C58H90N22O10/c1-33(2)21-45-55(87)65-41-13-9-11-19-59-49(81)17-15-43-53(85)63-27-39-31-80(76-71-39)48(24-36(7)8)58(90)68-44(54(86)64-28-40-32-79(75-72-40)47(23-35(5)6)57(89)67-43)16-18-50(82)60-20-12-10-14-42(52(84)61-25-37-29-77(45)73-69-37)66-56(88)46(22-34(3)4)78-30-38(70-74-78)26-62-51(41)83/h29-36,41-48H,9-28H2,1-8H3,(H,59,81)(H,60,82)(H,61,84)(H,62,83)(H,63,85)(H,64,86)(H,65,87)(H,66,88)(H,67,89)(H,68,90)/t41-,42-,43-,44-,45+,46?,47+,48+/m0/s1. The molecule has 0 aromatic carbocycles. The summed E-state index contributed by atoms with van der Waals surface area (Å²) >= 11 is 0. The van der Waals surface area contributed by atoms with Crippen molar-refractivity contribution in [1.29, 1.82) is 0 Å². The molecule has 0 radical (unpaired) electrons. The summed E-state index contributed by atoms with van der Waals surface area (Å²) in [5.41, 5.74) is 1.16. The normalized spacial score (nSPS) is 24.5. The fourth-order valence-corrected chi connectivity index (χ4v) is 10.8. The number of hydrogen-bond acceptors (Lipinski definition) is 18. The summed E-state index contributed by atoms with van der Waals surface area (Å²) in [5.74, 6) is -5.46. The lowest BCUT2D eigenvalue weighted by molar-refractivity contribution is -0.132. The van der Waals surface area contributed by atoms with E-state index in [9.17, 15) is 47.9 Å². The minimum atomic E-state index is -1.24. The van der Waals surface area contributed by atoms with Gasteiger partial charge in [0.25, 0.3) is 0 Å². The average Bonchev–Trinajstić information content (AvgIpc) is 1.95. The zero-order valence-corrected chi connectivity index (χ0v) is 52.8. The highest BCUT2D eigenvalue weighted by molar-refractivity contribution is 5.92. The molecule has 4 aromatic rings. The van der Waals surface area contributed by atoms with Gasteiger partial charge in [-0.25, -0.2) is 18.7 Å². The molecule has 0 saturated carbocycles. The maximum atomic E-state index is 14.4. The van der Waals surface area contributed by atoms with E-state index < -0.39 is 107 Å². The predicted octanol–water partition coefficient (Wildman–Crippen LogP) is 0.0802. The zero-order chi connectivity index (χ0) is 65.0. The Kier molecular flexibility index (Phi) is 25.3. The lowest BCUT2D eigenvalue weighted by Crippen LogP contribution is -2.49. The van der Waals surface area contributed by atoms with Gasteiger partial charge in [-0.05, 0) is 101 Å². The molecule has 4 aliphatic heterocycles. The highest BCUT2D eigenvalue weighted by Gasteiger charge is 2.35. The molecule has 8 atom stereocenters. The second kappa shape index (κ2) is 33.2. The van der Waals surface area contributed by atoms with E-state index in [4.69, 9.17) is 0 Å². The number of nitrogens with zero attached hydrogens (tertiary/aromatic N) is 12. The number of aromatic nitrogens is 12. The molecule has 8 rings (SSSR count). The van der Waals surface area contributed by atoms with Crippen molar-refractivity contribution in [3.05, 3.63) is 47.6 Å². The first-order valence-electron chi connectivity index (χ1n) is 31.5.